The van der Waals surface area contributed by atoms with Crippen LogP contribution < -0.4 is 9.62 Å². The Labute approximate surface area is 171 Å². The Hall–Kier alpha value is -1.15. The normalized spacial score (nSPS) is 26.5. The number of rotatable bonds is 7. The Kier molecular flexibility index (Phi) is 5.11. The van der Waals surface area contributed by atoms with Gasteiger partial charge in [0.05, 0.1) is 5.25 Å². The van der Waals surface area contributed by atoms with Crippen LogP contribution in [0.15, 0.2) is 29.6 Å². The van der Waals surface area contributed by atoms with Crippen LogP contribution in [0.4, 0.5) is 5.69 Å². The first kappa shape index (κ1) is 18.9. The van der Waals surface area contributed by atoms with Crippen molar-refractivity contribution in [2.24, 2.45) is 5.92 Å². The number of fused-ring (bicyclic) bond motifs is 1. The van der Waals surface area contributed by atoms with Crippen molar-refractivity contribution in [1.82, 2.24) is 9.62 Å². The first-order valence-electron chi connectivity index (χ1n) is 10.5. The molecule has 1 aliphatic heterocycles. The van der Waals surface area contributed by atoms with Crippen molar-refractivity contribution < 1.29 is 8.42 Å². The van der Waals surface area contributed by atoms with E-state index in [9.17, 15) is 8.42 Å². The Morgan fingerprint density at radius 2 is 1.86 bits per heavy atom. The van der Waals surface area contributed by atoms with Gasteiger partial charge in [-0.1, -0.05) is 6.07 Å². The van der Waals surface area contributed by atoms with Gasteiger partial charge in [0.1, 0.15) is 0 Å². The third-order valence-corrected chi connectivity index (χ3v) is 9.46. The highest BCUT2D eigenvalue weighted by Gasteiger charge is 2.40. The summed E-state index contributed by atoms with van der Waals surface area (Å²) in [7, 11) is -3.02. The van der Waals surface area contributed by atoms with Gasteiger partial charge < -0.3 is 4.90 Å². The fraction of sp³-hybridized carbons (Fsp3) is 0.619. The summed E-state index contributed by atoms with van der Waals surface area (Å²) in [5, 5.41) is 3.47. The molecule has 2 aromatic rings. The second kappa shape index (κ2) is 7.59. The molecule has 0 bridgehead atoms. The molecule has 3 aliphatic rings. The molecule has 5 rings (SSSR count). The first-order valence-corrected chi connectivity index (χ1v) is 13.0. The van der Waals surface area contributed by atoms with Gasteiger partial charge in [0.2, 0.25) is 10.0 Å². The Morgan fingerprint density at radius 3 is 2.61 bits per heavy atom. The molecule has 3 fully saturated rings. The topological polar surface area (TPSA) is 52.7 Å². The average molecular weight is 420 g/mol. The number of anilines is 1. The maximum Gasteiger partial charge on any atom is 0.214 e. The summed E-state index contributed by atoms with van der Waals surface area (Å²) >= 11 is 1.81. The Morgan fingerprint density at radius 1 is 1.07 bits per heavy atom. The van der Waals surface area contributed by atoms with Crippen LogP contribution in [0.25, 0.3) is 10.1 Å². The predicted octanol–water partition coefficient (Wildman–Crippen LogP) is 3.27. The zero-order valence-corrected chi connectivity index (χ0v) is 17.9. The summed E-state index contributed by atoms with van der Waals surface area (Å²) in [4.78, 5) is 5.10. The first-order chi connectivity index (χ1) is 13.6. The number of nitrogens with zero attached hydrogens (tertiary/aromatic N) is 2. The second-order valence-electron chi connectivity index (χ2n) is 8.62. The van der Waals surface area contributed by atoms with Gasteiger partial charge in [-0.15, -0.1) is 11.3 Å². The highest BCUT2D eigenvalue weighted by molar-refractivity contribution is 7.90. The molecular weight excluding hydrogens is 390 g/mol. The minimum absolute atomic E-state index is 0.0947. The number of sulfonamides is 1. The lowest BCUT2D eigenvalue weighted by Crippen LogP contribution is -2.48. The standard InChI is InChI=1S/C21H29N3O2S2/c25-28(26,18-4-5-18)22-17-14-16(15-17)6-8-23-9-11-24(12-10-23)20-2-1-3-21-19(20)7-13-27-21/h1-3,7,13,16-18,22H,4-6,8-12,14-15H2. The fourth-order valence-corrected chi connectivity index (χ4v) is 7.02. The maximum atomic E-state index is 12.0. The van der Waals surface area contributed by atoms with Gasteiger partial charge in [0.15, 0.2) is 0 Å². The van der Waals surface area contributed by atoms with Gasteiger partial charge >= 0.3 is 0 Å². The molecule has 2 heterocycles. The maximum absolute atomic E-state index is 12.0. The zero-order valence-electron chi connectivity index (χ0n) is 16.2. The summed E-state index contributed by atoms with van der Waals surface area (Å²) in [5.41, 5.74) is 1.38. The van der Waals surface area contributed by atoms with E-state index in [1.54, 1.807) is 0 Å². The van der Waals surface area contributed by atoms with E-state index in [0.29, 0.717) is 5.92 Å². The molecule has 0 spiro atoms. The summed E-state index contributed by atoms with van der Waals surface area (Å²) in [6.07, 6.45) is 4.93. The van der Waals surface area contributed by atoms with E-state index in [1.807, 2.05) is 11.3 Å². The molecule has 28 heavy (non-hydrogen) atoms. The quantitative estimate of drug-likeness (QED) is 0.748. The zero-order chi connectivity index (χ0) is 19.1. The lowest BCUT2D eigenvalue weighted by atomic mass is 9.79. The largest absolute Gasteiger partial charge is 0.368 e. The molecule has 1 aromatic heterocycles. The number of benzene rings is 1. The molecule has 1 aromatic carbocycles. The average Bonchev–Trinajstić information content (AvgIpc) is 3.42. The van der Waals surface area contributed by atoms with Crippen LogP contribution in [0.1, 0.15) is 32.1 Å². The van der Waals surface area contributed by atoms with Crippen molar-refractivity contribution >= 4 is 37.1 Å². The molecule has 5 nitrogen and oxygen atoms in total. The highest BCUT2D eigenvalue weighted by Crippen LogP contribution is 2.34. The van der Waals surface area contributed by atoms with Crippen LogP contribution in [0.3, 0.4) is 0 Å². The molecule has 2 aliphatic carbocycles. The molecule has 0 radical (unpaired) electrons. The van der Waals surface area contributed by atoms with Crippen molar-refractivity contribution in [3.05, 3.63) is 29.6 Å². The van der Waals surface area contributed by atoms with Crippen LogP contribution in [-0.4, -0.2) is 57.3 Å². The van der Waals surface area contributed by atoms with Gasteiger partial charge in [-0.3, -0.25) is 4.90 Å². The molecule has 0 atom stereocenters. The van der Waals surface area contributed by atoms with E-state index in [-0.39, 0.29) is 11.3 Å². The van der Waals surface area contributed by atoms with Gasteiger partial charge in [0.25, 0.3) is 0 Å². The summed E-state index contributed by atoms with van der Waals surface area (Å²) in [6.45, 7) is 5.55. The van der Waals surface area contributed by atoms with E-state index in [1.165, 1.54) is 22.2 Å². The Balaban J connectivity index is 1.05. The van der Waals surface area contributed by atoms with Crippen LogP contribution in [0.5, 0.6) is 0 Å². The molecule has 7 heteroatoms. The van der Waals surface area contributed by atoms with Gasteiger partial charge in [0, 0.05) is 48.0 Å². The van der Waals surface area contributed by atoms with E-state index in [4.69, 9.17) is 0 Å². The van der Waals surface area contributed by atoms with Crippen LogP contribution >= 0.6 is 11.3 Å². The summed E-state index contributed by atoms with van der Waals surface area (Å²) in [5.74, 6) is 0.685. The lowest BCUT2D eigenvalue weighted by Gasteiger charge is -2.39. The SMILES string of the molecule is O=S(=O)(NC1CC(CCN2CCN(c3cccc4sccc34)CC2)C1)C1CC1. The van der Waals surface area contributed by atoms with E-state index >= 15 is 0 Å². The van der Waals surface area contributed by atoms with Crippen molar-refractivity contribution in [1.29, 1.82) is 0 Å². The van der Waals surface area contributed by atoms with Crippen LogP contribution in [0, 0.1) is 5.92 Å². The molecule has 152 valence electrons. The van der Waals surface area contributed by atoms with Crippen molar-refractivity contribution in [3.8, 4) is 0 Å². The molecule has 1 N–H and O–H groups in total. The van der Waals surface area contributed by atoms with E-state index in [0.717, 1.165) is 58.4 Å². The van der Waals surface area contributed by atoms with Crippen LogP contribution in [0.2, 0.25) is 0 Å². The number of thiophene rings is 1. The van der Waals surface area contributed by atoms with E-state index in [2.05, 4.69) is 44.2 Å². The smallest absolute Gasteiger partial charge is 0.214 e. The molecule has 1 saturated heterocycles. The monoisotopic (exact) mass is 419 g/mol. The fourth-order valence-electron chi connectivity index (χ4n) is 4.61. The van der Waals surface area contributed by atoms with Crippen molar-refractivity contribution in [2.45, 2.75) is 43.4 Å². The lowest BCUT2D eigenvalue weighted by molar-refractivity contribution is 0.182. The van der Waals surface area contributed by atoms with Gasteiger partial charge in [-0.05, 0) is 68.1 Å². The predicted molar refractivity (Wildman–Crippen MR) is 117 cm³/mol. The second-order valence-corrected chi connectivity index (χ2v) is 11.6. The number of hydrogen-bond acceptors (Lipinski definition) is 5. The van der Waals surface area contributed by atoms with Gasteiger partial charge in [-0.2, -0.15) is 0 Å². The molecule has 0 amide bonds. The van der Waals surface area contributed by atoms with E-state index < -0.39 is 10.0 Å². The molecular formula is C21H29N3O2S2. The summed E-state index contributed by atoms with van der Waals surface area (Å²) in [6, 6.07) is 9.06. The van der Waals surface area contributed by atoms with Gasteiger partial charge in [-0.25, -0.2) is 13.1 Å². The Bertz CT molecular complexity index is 924. The third kappa shape index (κ3) is 3.95. The minimum Gasteiger partial charge on any atom is -0.368 e. The van der Waals surface area contributed by atoms with Crippen molar-refractivity contribution in [2.75, 3.05) is 37.6 Å². The highest BCUT2D eigenvalue weighted by atomic mass is 32.2. The van der Waals surface area contributed by atoms with Crippen LogP contribution in [-0.2, 0) is 10.0 Å². The van der Waals surface area contributed by atoms with Crippen molar-refractivity contribution in [3.63, 3.8) is 0 Å². The molecule has 0 unspecified atom stereocenters. The minimum atomic E-state index is -3.02. The number of piperazine rings is 1. The third-order valence-electron chi connectivity index (χ3n) is 6.57. The molecule has 2 saturated carbocycles. The number of nitrogens with one attached hydrogen (secondary N) is 1. The number of hydrogen-bond donors (Lipinski definition) is 1. The summed E-state index contributed by atoms with van der Waals surface area (Å²) < 4.78 is 28.3.